The maximum absolute atomic E-state index is 12.6. The molecule has 2 aliphatic rings. The third-order valence-corrected chi connectivity index (χ3v) is 5.97. The Morgan fingerprint density at radius 2 is 1.64 bits per heavy atom. The SMILES string of the molecule is CN(C(=O)CN1CCN(C(=O)c2ccc(CN)cc2)CC1)C1CCCCC1.Cl. The van der Waals surface area contributed by atoms with Gasteiger partial charge in [0.15, 0.2) is 0 Å². The van der Waals surface area contributed by atoms with Crippen LogP contribution in [0.15, 0.2) is 24.3 Å². The van der Waals surface area contributed by atoms with Crippen molar-refractivity contribution in [2.45, 2.75) is 44.7 Å². The first-order valence-corrected chi connectivity index (χ1v) is 10.1. The molecule has 156 valence electrons. The first-order chi connectivity index (χ1) is 13.1. The second kappa shape index (κ2) is 10.8. The lowest BCUT2D eigenvalue weighted by atomic mass is 9.94. The smallest absolute Gasteiger partial charge is 0.253 e. The van der Waals surface area contributed by atoms with E-state index in [9.17, 15) is 9.59 Å². The summed E-state index contributed by atoms with van der Waals surface area (Å²) in [4.78, 5) is 31.2. The highest BCUT2D eigenvalue weighted by Gasteiger charge is 2.26. The molecule has 1 aromatic carbocycles. The molecule has 1 saturated carbocycles. The molecule has 0 spiro atoms. The molecule has 2 amide bonds. The molecule has 2 N–H and O–H groups in total. The lowest BCUT2D eigenvalue weighted by molar-refractivity contribution is -0.134. The number of nitrogens with two attached hydrogens (primary N) is 1. The second-order valence-corrected chi connectivity index (χ2v) is 7.77. The van der Waals surface area contributed by atoms with E-state index < -0.39 is 0 Å². The molecule has 1 aliphatic heterocycles. The Kier molecular flexibility index (Phi) is 8.73. The minimum atomic E-state index is 0. The first kappa shape index (κ1) is 22.7. The van der Waals surface area contributed by atoms with Crippen molar-refractivity contribution < 1.29 is 9.59 Å². The predicted octanol–water partition coefficient (Wildman–Crippen LogP) is 2.12. The molecule has 28 heavy (non-hydrogen) atoms. The van der Waals surface area contributed by atoms with E-state index in [1.807, 2.05) is 41.1 Å². The minimum absolute atomic E-state index is 0. The van der Waals surface area contributed by atoms with E-state index in [0.29, 0.717) is 37.8 Å². The molecule has 7 heteroatoms. The number of rotatable bonds is 5. The third-order valence-electron chi connectivity index (χ3n) is 5.97. The lowest BCUT2D eigenvalue weighted by Gasteiger charge is -2.37. The molecule has 0 aromatic heterocycles. The van der Waals surface area contributed by atoms with Crippen LogP contribution in [-0.2, 0) is 11.3 Å². The summed E-state index contributed by atoms with van der Waals surface area (Å²) in [5.74, 6) is 0.267. The quantitative estimate of drug-likeness (QED) is 0.810. The number of nitrogens with zero attached hydrogens (tertiary/aromatic N) is 3. The van der Waals surface area contributed by atoms with Crippen molar-refractivity contribution in [2.24, 2.45) is 5.73 Å². The number of piperazine rings is 1. The van der Waals surface area contributed by atoms with Crippen LogP contribution in [0.5, 0.6) is 0 Å². The van der Waals surface area contributed by atoms with Gasteiger partial charge in [-0.05, 0) is 30.5 Å². The van der Waals surface area contributed by atoms with Gasteiger partial charge < -0.3 is 15.5 Å². The summed E-state index contributed by atoms with van der Waals surface area (Å²) in [6, 6.07) is 7.91. The summed E-state index contributed by atoms with van der Waals surface area (Å²) in [7, 11) is 1.95. The van der Waals surface area contributed by atoms with E-state index in [2.05, 4.69) is 4.90 Å². The highest BCUT2D eigenvalue weighted by atomic mass is 35.5. The fourth-order valence-corrected chi connectivity index (χ4v) is 4.05. The van der Waals surface area contributed by atoms with Gasteiger partial charge >= 0.3 is 0 Å². The number of benzene rings is 1. The van der Waals surface area contributed by atoms with E-state index in [1.165, 1.54) is 19.3 Å². The van der Waals surface area contributed by atoms with Crippen LogP contribution in [0.2, 0.25) is 0 Å². The van der Waals surface area contributed by atoms with Gasteiger partial charge in [-0.15, -0.1) is 12.4 Å². The number of amides is 2. The zero-order valence-electron chi connectivity index (χ0n) is 16.8. The molecule has 1 aromatic rings. The molecule has 0 bridgehead atoms. The van der Waals surface area contributed by atoms with Gasteiger partial charge in [0.05, 0.1) is 6.54 Å². The van der Waals surface area contributed by atoms with Gasteiger partial charge in [0.2, 0.25) is 5.91 Å². The number of carbonyl (C=O) groups is 2. The van der Waals surface area contributed by atoms with Crippen molar-refractivity contribution in [2.75, 3.05) is 39.8 Å². The van der Waals surface area contributed by atoms with Crippen LogP contribution in [0.4, 0.5) is 0 Å². The second-order valence-electron chi connectivity index (χ2n) is 7.77. The van der Waals surface area contributed by atoms with Crippen LogP contribution >= 0.6 is 12.4 Å². The van der Waals surface area contributed by atoms with Crippen molar-refractivity contribution in [3.05, 3.63) is 35.4 Å². The van der Waals surface area contributed by atoms with Crippen molar-refractivity contribution in [3.8, 4) is 0 Å². The van der Waals surface area contributed by atoms with Crippen LogP contribution in [0.3, 0.4) is 0 Å². The molecule has 1 aliphatic carbocycles. The van der Waals surface area contributed by atoms with Gasteiger partial charge in [0.1, 0.15) is 0 Å². The predicted molar refractivity (Wildman–Crippen MR) is 114 cm³/mol. The van der Waals surface area contributed by atoms with Gasteiger partial charge in [0, 0.05) is 51.4 Å². The summed E-state index contributed by atoms with van der Waals surface area (Å²) in [5, 5.41) is 0. The van der Waals surface area contributed by atoms with Crippen LogP contribution in [0.25, 0.3) is 0 Å². The molecule has 1 heterocycles. The van der Waals surface area contributed by atoms with Gasteiger partial charge in [-0.3, -0.25) is 14.5 Å². The van der Waals surface area contributed by atoms with Crippen molar-refractivity contribution in [3.63, 3.8) is 0 Å². The van der Waals surface area contributed by atoms with E-state index in [1.54, 1.807) is 0 Å². The van der Waals surface area contributed by atoms with E-state index in [0.717, 1.165) is 31.5 Å². The Labute approximate surface area is 174 Å². The number of hydrogen-bond donors (Lipinski definition) is 1. The number of carbonyl (C=O) groups excluding carboxylic acids is 2. The Hall–Kier alpha value is -1.63. The zero-order valence-corrected chi connectivity index (χ0v) is 17.6. The topological polar surface area (TPSA) is 69.9 Å². The Morgan fingerprint density at radius 1 is 1.04 bits per heavy atom. The standard InChI is InChI=1S/C21H32N4O2.ClH/c1-23(19-5-3-2-4-6-19)20(26)16-24-11-13-25(14-12-24)21(27)18-9-7-17(15-22)8-10-18;/h7-10,19H,2-6,11-16,22H2,1H3;1H. The van der Waals surface area contributed by atoms with Crippen LogP contribution in [0.1, 0.15) is 48.0 Å². The van der Waals surface area contributed by atoms with E-state index in [4.69, 9.17) is 5.73 Å². The van der Waals surface area contributed by atoms with Crippen molar-refractivity contribution in [1.29, 1.82) is 0 Å². The Bertz CT molecular complexity index is 638. The lowest BCUT2D eigenvalue weighted by Crippen LogP contribution is -2.52. The molecule has 3 rings (SSSR count). The molecule has 0 radical (unpaired) electrons. The van der Waals surface area contributed by atoms with Crippen molar-refractivity contribution in [1.82, 2.24) is 14.7 Å². The number of hydrogen-bond acceptors (Lipinski definition) is 4. The molecule has 0 unspecified atom stereocenters. The summed E-state index contributed by atoms with van der Waals surface area (Å²) in [6.07, 6.45) is 6.02. The summed E-state index contributed by atoms with van der Waals surface area (Å²) in [5.41, 5.74) is 7.34. The monoisotopic (exact) mass is 408 g/mol. The van der Waals surface area contributed by atoms with E-state index >= 15 is 0 Å². The van der Waals surface area contributed by atoms with Gasteiger partial charge in [-0.25, -0.2) is 0 Å². The summed E-state index contributed by atoms with van der Waals surface area (Å²) in [6.45, 7) is 3.76. The first-order valence-electron chi connectivity index (χ1n) is 10.1. The van der Waals surface area contributed by atoms with Gasteiger partial charge in [-0.2, -0.15) is 0 Å². The molecule has 1 saturated heterocycles. The third kappa shape index (κ3) is 5.69. The largest absolute Gasteiger partial charge is 0.342 e. The summed E-state index contributed by atoms with van der Waals surface area (Å²) < 4.78 is 0. The zero-order chi connectivity index (χ0) is 19.2. The number of halogens is 1. The molecule has 0 atom stereocenters. The molecular formula is C21H33ClN4O2. The molecule has 6 nitrogen and oxygen atoms in total. The minimum Gasteiger partial charge on any atom is -0.342 e. The van der Waals surface area contributed by atoms with Gasteiger partial charge in [-0.1, -0.05) is 31.4 Å². The van der Waals surface area contributed by atoms with Crippen LogP contribution in [-0.4, -0.2) is 72.3 Å². The Balaban J connectivity index is 0.00000280. The number of likely N-dealkylation sites (N-methyl/N-ethyl adjacent to an activating group) is 1. The van der Waals surface area contributed by atoms with Crippen LogP contribution in [0, 0.1) is 0 Å². The fourth-order valence-electron chi connectivity index (χ4n) is 4.05. The molecular weight excluding hydrogens is 376 g/mol. The Morgan fingerprint density at radius 3 is 2.21 bits per heavy atom. The van der Waals surface area contributed by atoms with Crippen molar-refractivity contribution >= 4 is 24.2 Å². The van der Waals surface area contributed by atoms with Crippen LogP contribution < -0.4 is 5.73 Å². The molecule has 2 fully saturated rings. The van der Waals surface area contributed by atoms with E-state index in [-0.39, 0.29) is 24.2 Å². The average Bonchev–Trinajstić information content (AvgIpc) is 2.74. The highest BCUT2D eigenvalue weighted by Crippen LogP contribution is 2.22. The fraction of sp³-hybridized carbons (Fsp3) is 0.619. The summed E-state index contributed by atoms with van der Waals surface area (Å²) >= 11 is 0. The normalized spacial score (nSPS) is 18.4. The average molecular weight is 409 g/mol. The maximum atomic E-state index is 12.6. The highest BCUT2D eigenvalue weighted by molar-refractivity contribution is 5.94. The maximum Gasteiger partial charge on any atom is 0.253 e. The van der Waals surface area contributed by atoms with Gasteiger partial charge in [0.25, 0.3) is 5.91 Å².